The summed E-state index contributed by atoms with van der Waals surface area (Å²) in [6, 6.07) is 0.646. The lowest BCUT2D eigenvalue weighted by atomic mass is 9.93. The molecule has 2 atom stereocenters. The predicted molar refractivity (Wildman–Crippen MR) is 68.3 cm³/mol. The van der Waals surface area contributed by atoms with E-state index >= 15 is 0 Å². The van der Waals surface area contributed by atoms with Crippen LogP contribution >= 0.6 is 0 Å². The van der Waals surface area contributed by atoms with Gasteiger partial charge in [0.05, 0.1) is 26.4 Å². The SMILES string of the molecule is COCCOCCOCCC1CC(C)CCN1. The Morgan fingerprint density at radius 3 is 2.47 bits per heavy atom. The van der Waals surface area contributed by atoms with Crippen molar-refractivity contribution in [2.45, 2.75) is 32.2 Å². The molecule has 0 aromatic rings. The van der Waals surface area contributed by atoms with Crippen molar-refractivity contribution >= 4 is 0 Å². The first-order valence-corrected chi connectivity index (χ1v) is 6.70. The van der Waals surface area contributed by atoms with Gasteiger partial charge in [0.2, 0.25) is 0 Å². The standard InChI is InChI=1S/C13H27NO3/c1-12-3-5-14-13(11-12)4-6-16-9-10-17-8-7-15-2/h12-14H,3-11H2,1-2H3. The topological polar surface area (TPSA) is 39.7 Å². The van der Waals surface area contributed by atoms with E-state index in [0.29, 0.717) is 32.5 Å². The predicted octanol–water partition coefficient (Wildman–Crippen LogP) is 1.44. The van der Waals surface area contributed by atoms with Crippen LogP contribution in [-0.2, 0) is 14.2 Å². The maximum atomic E-state index is 5.55. The molecule has 2 unspecified atom stereocenters. The second-order valence-electron chi connectivity index (χ2n) is 4.79. The smallest absolute Gasteiger partial charge is 0.0701 e. The molecule has 0 aromatic carbocycles. The molecule has 4 nitrogen and oxygen atoms in total. The normalized spacial score (nSPS) is 25.1. The van der Waals surface area contributed by atoms with Gasteiger partial charge >= 0.3 is 0 Å². The summed E-state index contributed by atoms with van der Waals surface area (Å²) in [6.45, 7) is 6.98. The van der Waals surface area contributed by atoms with Gasteiger partial charge in [-0.2, -0.15) is 0 Å². The molecule has 0 aliphatic carbocycles. The molecule has 1 saturated heterocycles. The largest absolute Gasteiger partial charge is 0.382 e. The Kier molecular flexibility index (Phi) is 8.61. The molecule has 0 aromatic heterocycles. The molecule has 1 heterocycles. The summed E-state index contributed by atoms with van der Waals surface area (Å²) >= 11 is 0. The maximum Gasteiger partial charge on any atom is 0.0701 e. The molecule has 1 aliphatic rings. The average molecular weight is 245 g/mol. The van der Waals surface area contributed by atoms with E-state index in [1.807, 2.05) is 0 Å². The Morgan fingerprint density at radius 2 is 1.76 bits per heavy atom. The molecule has 0 saturated carbocycles. The van der Waals surface area contributed by atoms with Crippen molar-refractivity contribution in [1.29, 1.82) is 0 Å². The summed E-state index contributed by atoms with van der Waals surface area (Å²) in [6.07, 6.45) is 3.71. The van der Waals surface area contributed by atoms with Crippen molar-refractivity contribution in [2.24, 2.45) is 5.92 Å². The van der Waals surface area contributed by atoms with E-state index in [4.69, 9.17) is 14.2 Å². The van der Waals surface area contributed by atoms with Gasteiger partial charge in [-0.3, -0.25) is 0 Å². The fourth-order valence-electron chi connectivity index (χ4n) is 2.13. The van der Waals surface area contributed by atoms with Gasteiger partial charge in [0.1, 0.15) is 0 Å². The lowest BCUT2D eigenvalue weighted by molar-refractivity contribution is 0.0220. The van der Waals surface area contributed by atoms with Gasteiger partial charge in [0.15, 0.2) is 0 Å². The first kappa shape index (κ1) is 14.9. The van der Waals surface area contributed by atoms with Gasteiger partial charge in [-0.05, 0) is 31.7 Å². The molecule has 0 amide bonds. The zero-order chi connectivity index (χ0) is 12.3. The molecule has 1 rings (SSSR count). The number of hydrogen-bond donors (Lipinski definition) is 1. The molecule has 0 radical (unpaired) electrons. The van der Waals surface area contributed by atoms with E-state index in [2.05, 4.69) is 12.2 Å². The summed E-state index contributed by atoms with van der Waals surface area (Å²) in [7, 11) is 1.68. The van der Waals surface area contributed by atoms with Crippen molar-refractivity contribution < 1.29 is 14.2 Å². The van der Waals surface area contributed by atoms with E-state index in [1.54, 1.807) is 7.11 Å². The summed E-state index contributed by atoms with van der Waals surface area (Å²) in [5, 5.41) is 3.54. The minimum Gasteiger partial charge on any atom is -0.382 e. The third-order valence-electron chi connectivity index (χ3n) is 3.17. The van der Waals surface area contributed by atoms with Gasteiger partial charge in [-0.25, -0.2) is 0 Å². The Morgan fingerprint density at radius 1 is 1.06 bits per heavy atom. The molecular weight excluding hydrogens is 218 g/mol. The maximum absolute atomic E-state index is 5.55. The van der Waals surface area contributed by atoms with E-state index in [-0.39, 0.29) is 0 Å². The molecule has 17 heavy (non-hydrogen) atoms. The minimum absolute atomic E-state index is 0.646. The molecule has 0 spiro atoms. The highest BCUT2D eigenvalue weighted by Gasteiger charge is 2.17. The zero-order valence-electron chi connectivity index (χ0n) is 11.2. The van der Waals surface area contributed by atoms with E-state index < -0.39 is 0 Å². The van der Waals surface area contributed by atoms with Crippen LogP contribution in [0.4, 0.5) is 0 Å². The van der Waals surface area contributed by atoms with Crippen LogP contribution in [-0.4, -0.2) is 52.7 Å². The van der Waals surface area contributed by atoms with Crippen molar-refractivity contribution in [1.82, 2.24) is 5.32 Å². The summed E-state index contributed by atoms with van der Waals surface area (Å²) in [5.41, 5.74) is 0. The van der Waals surface area contributed by atoms with Crippen LogP contribution in [0.3, 0.4) is 0 Å². The molecular formula is C13H27NO3. The van der Waals surface area contributed by atoms with Crippen LogP contribution in [0, 0.1) is 5.92 Å². The Labute approximate surface area is 105 Å². The number of methoxy groups -OCH3 is 1. The quantitative estimate of drug-likeness (QED) is 0.624. The molecule has 4 heteroatoms. The van der Waals surface area contributed by atoms with Crippen molar-refractivity contribution in [2.75, 3.05) is 46.7 Å². The van der Waals surface area contributed by atoms with Gasteiger partial charge < -0.3 is 19.5 Å². The second-order valence-corrected chi connectivity index (χ2v) is 4.79. The number of nitrogens with one attached hydrogen (secondary N) is 1. The summed E-state index contributed by atoms with van der Waals surface area (Å²) in [5.74, 6) is 0.860. The van der Waals surface area contributed by atoms with Crippen LogP contribution in [0.2, 0.25) is 0 Å². The Balaban J connectivity index is 1.83. The van der Waals surface area contributed by atoms with Gasteiger partial charge in [0, 0.05) is 19.8 Å². The highest BCUT2D eigenvalue weighted by atomic mass is 16.5. The third-order valence-corrected chi connectivity index (χ3v) is 3.17. The Bertz CT molecular complexity index is 178. The fraction of sp³-hybridized carbons (Fsp3) is 1.00. The van der Waals surface area contributed by atoms with Crippen LogP contribution in [0.15, 0.2) is 0 Å². The van der Waals surface area contributed by atoms with Crippen molar-refractivity contribution in [3.8, 4) is 0 Å². The molecule has 1 fully saturated rings. The van der Waals surface area contributed by atoms with Crippen molar-refractivity contribution in [3.05, 3.63) is 0 Å². The third kappa shape index (κ3) is 7.71. The van der Waals surface area contributed by atoms with E-state index in [9.17, 15) is 0 Å². The Hall–Kier alpha value is -0.160. The van der Waals surface area contributed by atoms with Crippen LogP contribution < -0.4 is 5.32 Å². The lowest BCUT2D eigenvalue weighted by Gasteiger charge is -2.28. The highest BCUT2D eigenvalue weighted by Crippen LogP contribution is 2.16. The zero-order valence-corrected chi connectivity index (χ0v) is 11.2. The minimum atomic E-state index is 0.646. The fourth-order valence-corrected chi connectivity index (χ4v) is 2.13. The van der Waals surface area contributed by atoms with E-state index in [0.717, 1.165) is 25.5 Å². The van der Waals surface area contributed by atoms with Gasteiger partial charge in [-0.15, -0.1) is 0 Å². The number of piperidine rings is 1. The average Bonchev–Trinajstić information content (AvgIpc) is 2.33. The molecule has 102 valence electrons. The monoisotopic (exact) mass is 245 g/mol. The number of ether oxygens (including phenoxy) is 3. The van der Waals surface area contributed by atoms with E-state index in [1.165, 1.54) is 12.8 Å². The summed E-state index contributed by atoms with van der Waals surface area (Å²) < 4.78 is 15.7. The lowest BCUT2D eigenvalue weighted by Crippen LogP contribution is -2.38. The first-order valence-electron chi connectivity index (χ1n) is 6.70. The number of rotatable bonds is 9. The first-order chi connectivity index (χ1) is 8.33. The molecule has 1 aliphatic heterocycles. The summed E-state index contributed by atoms with van der Waals surface area (Å²) in [4.78, 5) is 0. The highest BCUT2D eigenvalue weighted by molar-refractivity contribution is 4.75. The van der Waals surface area contributed by atoms with Crippen molar-refractivity contribution in [3.63, 3.8) is 0 Å². The van der Waals surface area contributed by atoms with Gasteiger partial charge in [0.25, 0.3) is 0 Å². The van der Waals surface area contributed by atoms with Crippen LogP contribution in [0.1, 0.15) is 26.2 Å². The second kappa shape index (κ2) is 9.83. The van der Waals surface area contributed by atoms with Gasteiger partial charge in [-0.1, -0.05) is 6.92 Å². The molecule has 0 bridgehead atoms. The van der Waals surface area contributed by atoms with Crippen LogP contribution in [0.5, 0.6) is 0 Å². The number of hydrogen-bond acceptors (Lipinski definition) is 4. The molecule has 1 N–H and O–H groups in total. The van der Waals surface area contributed by atoms with Crippen LogP contribution in [0.25, 0.3) is 0 Å².